The Balaban J connectivity index is 1.82. The summed E-state index contributed by atoms with van der Waals surface area (Å²) in [5.41, 5.74) is 7.45. The maximum absolute atomic E-state index is 10.6. The highest BCUT2D eigenvalue weighted by Crippen LogP contribution is 2.44. The van der Waals surface area contributed by atoms with Gasteiger partial charge in [-0.15, -0.1) is 0 Å². The number of hydrogen-bond acceptors (Lipinski definition) is 5. The molecule has 35 heavy (non-hydrogen) atoms. The van der Waals surface area contributed by atoms with Crippen LogP contribution in [0.2, 0.25) is 0 Å². The van der Waals surface area contributed by atoms with E-state index < -0.39 is 0 Å². The Morgan fingerprint density at radius 1 is 0.571 bits per heavy atom. The Labute approximate surface area is 206 Å². The third kappa shape index (κ3) is 4.76. The van der Waals surface area contributed by atoms with Gasteiger partial charge in [0.1, 0.15) is 28.7 Å². The van der Waals surface area contributed by atoms with Crippen LogP contribution in [0.3, 0.4) is 0 Å². The predicted molar refractivity (Wildman–Crippen MR) is 141 cm³/mol. The first-order valence-electron chi connectivity index (χ1n) is 11.5. The van der Waals surface area contributed by atoms with Crippen molar-refractivity contribution in [3.05, 3.63) is 94.0 Å². The van der Waals surface area contributed by atoms with Crippen LogP contribution in [-0.4, -0.2) is 15.3 Å². The fraction of sp³-hybridized carbons (Fsp3) is 0.200. The van der Waals surface area contributed by atoms with Crippen LogP contribution >= 0.6 is 0 Å². The van der Waals surface area contributed by atoms with E-state index in [2.05, 4.69) is 0 Å². The molecule has 5 heteroatoms. The molecular formula is C30H31NO4. The van der Waals surface area contributed by atoms with E-state index in [1.165, 1.54) is 0 Å². The number of aryl methyl sites for hydroxylation is 4. The van der Waals surface area contributed by atoms with E-state index in [-0.39, 0.29) is 17.2 Å². The van der Waals surface area contributed by atoms with Crippen molar-refractivity contribution < 1.29 is 20.1 Å². The minimum Gasteiger partial charge on any atom is -0.508 e. The predicted octanol–water partition coefficient (Wildman–Crippen LogP) is 7.92. The lowest BCUT2D eigenvalue weighted by Gasteiger charge is -2.30. The van der Waals surface area contributed by atoms with Crippen LogP contribution in [0.15, 0.2) is 60.7 Å². The van der Waals surface area contributed by atoms with Gasteiger partial charge in [0, 0.05) is 16.8 Å². The highest BCUT2D eigenvalue weighted by molar-refractivity contribution is 5.83. The number of hydrogen-bond donors (Lipinski definition) is 3. The number of anilines is 3. The molecule has 0 bridgehead atoms. The van der Waals surface area contributed by atoms with Gasteiger partial charge in [-0.1, -0.05) is 0 Å². The number of benzene rings is 4. The third-order valence-corrected chi connectivity index (χ3v) is 6.29. The van der Waals surface area contributed by atoms with Crippen molar-refractivity contribution in [2.24, 2.45) is 0 Å². The van der Waals surface area contributed by atoms with Crippen LogP contribution in [0.4, 0.5) is 17.1 Å². The molecule has 0 amide bonds. The zero-order chi connectivity index (χ0) is 25.4. The van der Waals surface area contributed by atoms with Gasteiger partial charge < -0.3 is 25.0 Å². The van der Waals surface area contributed by atoms with Gasteiger partial charge in [0.25, 0.3) is 0 Å². The summed E-state index contributed by atoms with van der Waals surface area (Å²) in [6.45, 7) is 11.4. The van der Waals surface area contributed by atoms with Crippen molar-refractivity contribution in [2.75, 3.05) is 4.90 Å². The monoisotopic (exact) mass is 469 g/mol. The number of aromatic hydroxyl groups is 3. The number of phenolic OH excluding ortho intramolecular Hbond substituents is 3. The molecule has 3 N–H and O–H groups in total. The molecule has 4 rings (SSSR count). The zero-order valence-corrected chi connectivity index (χ0v) is 21.0. The second-order valence-corrected chi connectivity index (χ2v) is 9.19. The van der Waals surface area contributed by atoms with E-state index in [1.54, 1.807) is 18.2 Å². The molecule has 5 nitrogen and oxygen atoms in total. The maximum atomic E-state index is 10.6. The Kier molecular flexibility index (Phi) is 6.35. The lowest BCUT2D eigenvalue weighted by atomic mass is 10.0. The first-order chi connectivity index (χ1) is 16.5. The van der Waals surface area contributed by atoms with Crippen molar-refractivity contribution in [3.63, 3.8) is 0 Å². The molecule has 0 unspecified atom stereocenters. The molecular weight excluding hydrogens is 438 g/mol. The van der Waals surface area contributed by atoms with Crippen LogP contribution in [-0.2, 0) is 0 Å². The molecule has 0 saturated carbocycles. The van der Waals surface area contributed by atoms with Crippen LogP contribution in [0.1, 0.15) is 33.4 Å². The SMILES string of the molecule is Cc1cc(O)c(C)c(N(c2ccc(Oc3cc(C)c(O)cc3C)cc2)c2cc(C)cc(O)c2C)c1. The molecule has 0 aliphatic heterocycles. The van der Waals surface area contributed by atoms with Crippen LogP contribution in [0.25, 0.3) is 0 Å². The summed E-state index contributed by atoms with van der Waals surface area (Å²) < 4.78 is 6.11. The van der Waals surface area contributed by atoms with Crippen molar-refractivity contribution >= 4 is 17.1 Å². The first-order valence-corrected chi connectivity index (χ1v) is 11.5. The molecule has 0 radical (unpaired) electrons. The van der Waals surface area contributed by atoms with Gasteiger partial charge in [0.15, 0.2) is 0 Å². The number of nitrogens with zero attached hydrogens (tertiary/aromatic N) is 1. The van der Waals surface area contributed by atoms with Gasteiger partial charge in [0.2, 0.25) is 0 Å². The van der Waals surface area contributed by atoms with E-state index in [0.717, 1.165) is 50.4 Å². The molecule has 0 aliphatic carbocycles. The van der Waals surface area contributed by atoms with E-state index in [4.69, 9.17) is 4.74 Å². The average Bonchev–Trinajstić information content (AvgIpc) is 2.79. The van der Waals surface area contributed by atoms with E-state index >= 15 is 0 Å². The molecule has 4 aromatic rings. The minimum atomic E-state index is 0.220. The zero-order valence-electron chi connectivity index (χ0n) is 21.0. The van der Waals surface area contributed by atoms with Crippen molar-refractivity contribution in [1.82, 2.24) is 0 Å². The Bertz CT molecular complexity index is 1350. The number of phenols is 3. The second-order valence-electron chi connectivity index (χ2n) is 9.19. The molecule has 0 aliphatic rings. The molecule has 0 spiro atoms. The highest BCUT2D eigenvalue weighted by Gasteiger charge is 2.20. The quantitative estimate of drug-likeness (QED) is 0.277. The van der Waals surface area contributed by atoms with E-state index in [0.29, 0.717) is 11.5 Å². The molecule has 0 saturated heterocycles. The van der Waals surface area contributed by atoms with E-state index in [9.17, 15) is 15.3 Å². The van der Waals surface area contributed by atoms with Gasteiger partial charge in [-0.05, 0) is 124 Å². The van der Waals surface area contributed by atoms with Crippen LogP contribution in [0.5, 0.6) is 28.7 Å². The summed E-state index contributed by atoms with van der Waals surface area (Å²) in [4.78, 5) is 2.05. The summed E-state index contributed by atoms with van der Waals surface area (Å²) in [5, 5.41) is 31.1. The summed E-state index contributed by atoms with van der Waals surface area (Å²) in [6, 6.07) is 18.8. The third-order valence-electron chi connectivity index (χ3n) is 6.29. The lowest BCUT2D eigenvalue weighted by Crippen LogP contribution is -2.13. The smallest absolute Gasteiger partial charge is 0.130 e. The fourth-order valence-electron chi connectivity index (χ4n) is 4.19. The lowest BCUT2D eigenvalue weighted by molar-refractivity contribution is 0.458. The van der Waals surface area contributed by atoms with Gasteiger partial charge in [0.05, 0.1) is 11.4 Å². The van der Waals surface area contributed by atoms with Crippen molar-refractivity contribution in [2.45, 2.75) is 41.5 Å². The molecule has 180 valence electrons. The maximum Gasteiger partial charge on any atom is 0.130 e. The van der Waals surface area contributed by atoms with Gasteiger partial charge in [-0.2, -0.15) is 0 Å². The van der Waals surface area contributed by atoms with Crippen molar-refractivity contribution in [1.29, 1.82) is 0 Å². The molecule has 0 atom stereocenters. The topological polar surface area (TPSA) is 73.2 Å². The summed E-state index contributed by atoms with van der Waals surface area (Å²) in [6.07, 6.45) is 0. The average molecular weight is 470 g/mol. The highest BCUT2D eigenvalue weighted by atomic mass is 16.5. The number of rotatable bonds is 5. The van der Waals surface area contributed by atoms with Crippen LogP contribution in [0, 0.1) is 41.5 Å². The normalized spacial score (nSPS) is 10.9. The standard InChI is InChI=1S/C30H31NO4/c1-17-11-25(21(5)28(33)13-17)31(26-12-18(2)14-29(34)22(26)6)23-7-9-24(10-8-23)35-30-16-19(3)27(32)15-20(30)4/h7-16,32-34H,1-6H3. The summed E-state index contributed by atoms with van der Waals surface area (Å²) >= 11 is 0. The largest absolute Gasteiger partial charge is 0.508 e. The Morgan fingerprint density at radius 3 is 1.60 bits per heavy atom. The van der Waals surface area contributed by atoms with E-state index in [1.807, 2.05) is 88.9 Å². The van der Waals surface area contributed by atoms with Gasteiger partial charge in [-0.25, -0.2) is 0 Å². The molecule has 0 fully saturated rings. The summed E-state index contributed by atoms with van der Waals surface area (Å²) in [7, 11) is 0. The first kappa shape index (κ1) is 24.0. The number of ether oxygens (including phenoxy) is 1. The molecule has 4 aromatic carbocycles. The van der Waals surface area contributed by atoms with Gasteiger partial charge >= 0.3 is 0 Å². The Hall–Kier alpha value is -4.12. The summed E-state index contributed by atoms with van der Waals surface area (Å²) in [5.74, 6) is 2.03. The Morgan fingerprint density at radius 2 is 1.09 bits per heavy atom. The van der Waals surface area contributed by atoms with Gasteiger partial charge in [-0.3, -0.25) is 0 Å². The second kappa shape index (κ2) is 9.26. The molecule has 0 aromatic heterocycles. The van der Waals surface area contributed by atoms with Crippen LogP contribution < -0.4 is 9.64 Å². The fourth-order valence-corrected chi connectivity index (χ4v) is 4.19. The van der Waals surface area contributed by atoms with Crippen molar-refractivity contribution in [3.8, 4) is 28.7 Å². The molecule has 0 heterocycles. The minimum absolute atomic E-state index is 0.220.